The van der Waals surface area contributed by atoms with Gasteiger partial charge in [-0.3, -0.25) is 4.79 Å². The van der Waals surface area contributed by atoms with E-state index in [2.05, 4.69) is 21.0 Å². The van der Waals surface area contributed by atoms with Crippen LogP contribution in [0.25, 0.3) is 0 Å². The number of hydrogen-bond acceptors (Lipinski definition) is 3. The molecule has 1 aliphatic rings. The Labute approximate surface area is 130 Å². The molecule has 0 N–H and O–H groups in total. The fourth-order valence-corrected chi connectivity index (χ4v) is 4.15. The molecule has 4 nitrogen and oxygen atoms in total. The van der Waals surface area contributed by atoms with Gasteiger partial charge in [0.1, 0.15) is 10.6 Å². The van der Waals surface area contributed by atoms with E-state index in [4.69, 9.17) is 0 Å². The summed E-state index contributed by atoms with van der Waals surface area (Å²) in [6.45, 7) is 5.66. The van der Waals surface area contributed by atoms with Crippen molar-refractivity contribution in [3.05, 3.63) is 28.8 Å². The smallest absolute Gasteiger partial charge is 0.265 e. The Bertz CT molecular complexity index is 588. The van der Waals surface area contributed by atoms with Crippen molar-refractivity contribution in [2.24, 2.45) is 5.10 Å². The molecule has 2 rings (SSSR count). The lowest BCUT2D eigenvalue weighted by Crippen LogP contribution is -2.37. The van der Waals surface area contributed by atoms with Crippen LogP contribution >= 0.6 is 15.9 Å². The molecule has 0 spiro atoms. The zero-order valence-corrected chi connectivity index (χ0v) is 14.6. The Morgan fingerprint density at radius 1 is 1.35 bits per heavy atom. The van der Waals surface area contributed by atoms with E-state index in [1.54, 1.807) is 20.2 Å². The van der Waals surface area contributed by atoms with Crippen LogP contribution < -0.4 is 0 Å². The SMILES string of the molecule is Cc1cc(C2=NN(C)C(=O)C2(C)Br)cc(C)c1[S+](C)[O-]. The maximum atomic E-state index is 12.1. The molecule has 0 radical (unpaired) electrons. The minimum absolute atomic E-state index is 0.0917. The molecule has 0 aromatic heterocycles. The van der Waals surface area contributed by atoms with Gasteiger partial charge in [-0.25, -0.2) is 5.01 Å². The number of amides is 1. The van der Waals surface area contributed by atoms with E-state index in [0.29, 0.717) is 5.71 Å². The number of rotatable bonds is 2. The van der Waals surface area contributed by atoms with Crippen LogP contribution in [0.3, 0.4) is 0 Å². The van der Waals surface area contributed by atoms with Gasteiger partial charge in [0.05, 0.1) is 5.71 Å². The molecule has 1 aromatic rings. The quantitative estimate of drug-likeness (QED) is 0.603. The highest BCUT2D eigenvalue weighted by atomic mass is 79.9. The Balaban J connectivity index is 2.56. The van der Waals surface area contributed by atoms with Gasteiger partial charge in [0.2, 0.25) is 0 Å². The Morgan fingerprint density at radius 3 is 2.20 bits per heavy atom. The maximum Gasteiger partial charge on any atom is 0.265 e. The number of halogens is 1. The summed E-state index contributed by atoms with van der Waals surface area (Å²) in [5.41, 5.74) is 3.47. The third-order valence-corrected chi connectivity index (χ3v) is 5.35. The highest BCUT2D eigenvalue weighted by Gasteiger charge is 2.44. The van der Waals surface area contributed by atoms with Crippen LogP contribution in [-0.4, -0.2) is 38.8 Å². The van der Waals surface area contributed by atoms with E-state index in [0.717, 1.165) is 21.6 Å². The van der Waals surface area contributed by atoms with E-state index in [-0.39, 0.29) is 5.91 Å². The summed E-state index contributed by atoms with van der Waals surface area (Å²) in [4.78, 5) is 12.9. The van der Waals surface area contributed by atoms with Crippen LogP contribution in [0.1, 0.15) is 23.6 Å². The van der Waals surface area contributed by atoms with Gasteiger partial charge < -0.3 is 4.55 Å². The maximum absolute atomic E-state index is 12.1. The molecule has 0 aliphatic carbocycles. The fraction of sp³-hybridized carbons (Fsp3) is 0.429. The van der Waals surface area contributed by atoms with Crippen molar-refractivity contribution in [2.45, 2.75) is 30.0 Å². The van der Waals surface area contributed by atoms with Crippen molar-refractivity contribution in [3.8, 4) is 0 Å². The topological polar surface area (TPSA) is 55.7 Å². The zero-order chi connectivity index (χ0) is 15.2. The monoisotopic (exact) mass is 356 g/mol. The van der Waals surface area contributed by atoms with Crippen molar-refractivity contribution in [1.29, 1.82) is 0 Å². The Morgan fingerprint density at radius 2 is 1.85 bits per heavy atom. The molecule has 6 heteroatoms. The van der Waals surface area contributed by atoms with Gasteiger partial charge in [0.25, 0.3) is 5.91 Å². The predicted octanol–water partition coefficient (Wildman–Crippen LogP) is 2.37. The lowest BCUT2D eigenvalue weighted by Gasteiger charge is -2.18. The van der Waals surface area contributed by atoms with Crippen LogP contribution in [-0.2, 0) is 16.0 Å². The van der Waals surface area contributed by atoms with Crippen LogP contribution in [0, 0.1) is 13.8 Å². The first-order chi connectivity index (χ1) is 9.16. The second kappa shape index (κ2) is 5.16. The average molecular weight is 357 g/mol. The molecule has 1 heterocycles. The van der Waals surface area contributed by atoms with Crippen molar-refractivity contribution >= 4 is 38.7 Å². The van der Waals surface area contributed by atoms with Crippen molar-refractivity contribution in [1.82, 2.24) is 5.01 Å². The summed E-state index contributed by atoms with van der Waals surface area (Å²) in [5.74, 6) is -0.0917. The number of carbonyl (C=O) groups is 1. The van der Waals surface area contributed by atoms with Crippen LogP contribution in [0.15, 0.2) is 22.1 Å². The fourth-order valence-electron chi connectivity index (χ4n) is 2.56. The number of benzene rings is 1. The van der Waals surface area contributed by atoms with E-state index in [9.17, 15) is 9.35 Å². The molecule has 0 saturated carbocycles. The average Bonchev–Trinajstić information content (AvgIpc) is 2.51. The van der Waals surface area contributed by atoms with Gasteiger partial charge in [0, 0.05) is 23.7 Å². The first-order valence-corrected chi connectivity index (χ1v) is 8.52. The summed E-state index contributed by atoms with van der Waals surface area (Å²) in [6.07, 6.45) is 1.67. The van der Waals surface area contributed by atoms with Crippen molar-refractivity contribution < 1.29 is 9.35 Å². The van der Waals surface area contributed by atoms with Crippen molar-refractivity contribution in [3.63, 3.8) is 0 Å². The van der Waals surface area contributed by atoms with Gasteiger partial charge in [-0.1, -0.05) is 15.9 Å². The van der Waals surface area contributed by atoms with Crippen LogP contribution in [0.5, 0.6) is 0 Å². The third-order valence-electron chi connectivity index (χ3n) is 3.41. The standard InChI is InChI=1S/C14H17BrN2O2S/c1-8-6-10(7-9(2)11(8)20(5)19)12-14(3,15)13(18)17(4)16-12/h6-7H,1-5H3. The summed E-state index contributed by atoms with van der Waals surface area (Å²) >= 11 is 2.44. The van der Waals surface area contributed by atoms with Crippen LogP contribution in [0.2, 0.25) is 0 Å². The third kappa shape index (κ3) is 2.40. The molecule has 2 unspecified atom stereocenters. The van der Waals surface area contributed by atoms with E-state index < -0.39 is 15.5 Å². The number of aryl methyl sites for hydroxylation is 2. The minimum Gasteiger partial charge on any atom is -0.612 e. The largest absolute Gasteiger partial charge is 0.612 e. The molecule has 1 amide bonds. The molecule has 0 saturated heterocycles. The number of alkyl halides is 1. The lowest BCUT2D eigenvalue weighted by molar-refractivity contribution is -0.128. The van der Waals surface area contributed by atoms with Gasteiger partial charge in [0.15, 0.2) is 4.90 Å². The van der Waals surface area contributed by atoms with Gasteiger partial charge in [-0.2, -0.15) is 5.10 Å². The lowest BCUT2D eigenvalue weighted by atomic mass is 9.95. The summed E-state index contributed by atoms with van der Waals surface area (Å²) < 4.78 is 10.9. The van der Waals surface area contributed by atoms with E-state index in [1.165, 1.54) is 5.01 Å². The molecule has 108 valence electrons. The normalized spacial score (nSPS) is 24.1. The second-order valence-corrected chi connectivity index (χ2v) is 8.08. The van der Waals surface area contributed by atoms with E-state index in [1.807, 2.05) is 26.0 Å². The molecular formula is C14H17BrN2O2S. The summed E-state index contributed by atoms with van der Waals surface area (Å²) in [6, 6.07) is 3.88. The molecule has 1 aliphatic heterocycles. The first-order valence-electron chi connectivity index (χ1n) is 6.17. The second-order valence-electron chi connectivity index (χ2n) is 5.17. The number of hydrogen-bond donors (Lipinski definition) is 0. The zero-order valence-electron chi connectivity index (χ0n) is 12.2. The van der Waals surface area contributed by atoms with Crippen LogP contribution in [0.4, 0.5) is 0 Å². The van der Waals surface area contributed by atoms with Gasteiger partial charge in [-0.05, 0) is 44.1 Å². The molecule has 20 heavy (non-hydrogen) atoms. The Hall–Kier alpha value is -0.850. The van der Waals surface area contributed by atoms with E-state index >= 15 is 0 Å². The molecule has 0 fully saturated rings. The molecule has 0 bridgehead atoms. The number of nitrogens with zero attached hydrogens (tertiary/aromatic N) is 2. The predicted molar refractivity (Wildman–Crippen MR) is 84.9 cm³/mol. The Kier molecular flexibility index (Phi) is 4.01. The number of carbonyl (C=O) groups excluding carboxylic acids is 1. The highest BCUT2D eigenvalue weighted by Crippen LogP contribution is 2.33. The molecular weight excluding hydrogens is 340 g/mol. The van der Waals surface area contributed by atoms with Gasteiger partial charge >= 0.3 is 0 Å². The molecule has 1 aromatic carbocycles. The number of hydrazone groups is 1. The molecule has 2 atom stereocenters. The summed E-state index contributed by atoms with van der Waals surface area (Å²) in [7, 11) is 1.64. The minimum atomic E-state index is -1.02. The summed E-state index contributed by atoms with van der Waals surface area (Å²) in [5, 5.41) is 5.67. The first kappa shape index (κ1) is 15.5. The highest BCUT2D eigenvalue weighted by molar-refractivity contribution is 9.10. The van der Waals surface area contributed by atoms with Gasteiger partial charge in [-0.15, -0.1) is 0 Å². The van der Waals surface area contributed by atoms with Crippen molar-refractivity contribution in [2.75, 3.05) is 13.3 Å².